The minimum Gasteiger partial charge on any atom is -0.371 e. The Balaban J connectivity index is 1.49. The Hall–Kier alpha value is -2.04. The molecule has 2 aliphatic rings. The van der Waals surface area contributed by atoms with Gasteiger partial charge in [-0.2, -0.15) is 0 Å². The molecule has 4 nitrogen and oxygen atoms in total. The van der Waals surface area contributed by atoms with E-state index < -0.39 is 0 Å². The van der Waals surface area contributed by atoms with Crippen molar-refractivity contribution in [3.8, 4) is 0 Å². The number of carbonyl (C=O) groups is 1. The summed E-state index contributed by atoms with van der Waals surface area (Å²) in [6, 6.07) is 15.9. The number of amides is 1. The highest BCUT2D eigenvalue weighted by Crippen LogP contribution is 2.30. The molecule has 2 atom stereocenters. The SMILES string of the molecule is CC1CCN(c2ccc(C(=O)N3CCOC(c4ccccc4)C3)c(Cl)c2)C1. The number of halogens is 1. The number of hydrogen-bond acceptors (Lipinski definition) is 3. The topological polar surface area (TPSA) is 32.8 Å². The van der Waals surface area contributed by atoms with Crippen molar-refractivity contribution in [3.05, 3.63) is 64.7 Å². The molecule has 2 aliphatic heterocycles. The lowest BCUT2D eigenvalue weighted by Crippen LogP contribution is -2.42. The molecule has 27 heavy (non-hydrogen) atoms. The van der Waals surface area contributed by atoms with E-state index in [0.717, 1.165) is 24.3 Å². The second-order valence-corrected chi connectivity index (χ2v) is 7.93. The van der Waals surface area contributed by atoms with E-state index in [1.807, 2.05) is 53.4 Å². The minimum absolute atomic E-state index is 0.0226. The van der Waals surface area contributed by atoms with Gasteiger partial charge in [0.2, 0.25) is 0 Å². The highest BCUT2D eigenvalue weighted by molar-refractivity contribution is 6.34. The van der Waals surface area contributed by atoms with Gasteiger partial charge in [-0.1, -0.05) is 48.9 Å². The van der Waals surface area contributed by atoms with Gasteiger partial charge in [-0.3, -0.25) is 4.79 Å². The molecule has 2 heterocycles. The highest BCUT2D eigenvalue weighted by atomic mass is 35.5. The zero-order valence-corrected chi connectivity index (χ0v) is 16.4. The molecule has 0 aromatic heterocycles. The molecule has 5 heteroatoms. The molecule has 2 fully saturated rings. The number of nitrogens with zero attached hydrogens (tertiary/aromatic N) is 2. The van der Waals surface area contributed by atoms with Gasteiger partial charge in [-0.05, 0) is 36.1 Å². The van der Waals surface area contributed by atoms with E-state index >= 15 is 0 Å². The first-order valence-electron chi connectivity index (χ1n) is 9.62. The maximum Gasteiger partial charge on any atom is 0.255 e. The standard InChI is InChI=1S/C22H25ClN2O2/c1-16-9-10-24(14-16)18-7-8-19(20(23)13-18)22(26)25-11-12-27-21(15-25)17-5-3-2-4-6-17/h2-8,13,16,21H,9-12,14-15H2,1H3. The third-order valence-electron chi connectivity index (χ3n) is 5.50. The predicted octanol–water partition coefficient (Wildman–Crippen LogP) is 4.40. The van der Waals surface area contributed by atoms with Crippen molar-refractivity contribution in [1.82, 2.24) is 4.90 Å². The first-order valence-corrected chi connectivity index (χ1v) is 10.00. The van der Waals surface area contributed by atoms with Gasteiger partial charge in [0.1, 0.15) is 6.10 Å². The van der Waals surface area contributed by atoms with Crippen molar-refractivity contribution < 1.29 is 9.53 Å². The van der Waals surface area contributed by atoms with Gasteiger partial charge in [0.05, 0.1) is 23.7 Å². The Morgan fingerprint density at radius 2 is 1.93 bits per heavy atom. The Labute approximate surface area is 165 Å². The third kappa shape index (κ3) is 3.97. The average molecular weight is 385 g/mol. The van der Waals surface area contributed by atoms with Crippen LogP contribution < -0.4 is 4.90 Å². The zero-order valence-electron chi connectivity index (χ0n) is 15.6. The normalized spacial score (nSPS) is 22.9. The van der Waals surface area contributed by atoms with Gasteiger partial charge >= 0.3 is 0 Å². The van der Waals surface area contributed by atoms with Gasteiger partial charge in [-0.25, -0.2) is 0 Å². The van der Waals surface area contributed by atoms with Crippen LogP contribution in [0.4, 0.5) is 5.69 Å². The number of rotatable bonds is 3. The Morgan fingerprint density at radius 1 is 1.11 bits per heavy atom. The van der Waals surface area contributed by atoms with Gasteiger partial charge in [0.25, 0.3) is 5.91 Å². The summed E-state index contributed by atoms with van der Waals surface area (Å²) in [4.78, 5) is 17.2. The molecule has 0 saturated carbocycles. The lowest BCUT2D eigenvalue weighted by molar-refractivity contribution is -0.0228. The maximum absolute atomic E-state index is 13.1. The summed E-state index contributed by atoms with van der Waals surface area (Å²) >= 11 is 6.51. The van der Waals surface area contributed by atoms with Crippen LogP contribution in [0.1, 0.15) is 35.4 Å². The molecule has 0 bridgehead atoms. The minimum atomic E-state index is -0.0898. The van der Waals surface area contributed by atoms with Crippen LogP contribution in [0.5, 0.6) is 0 Å². The third-order valence-corrected chi connectivity index (χ3v) is 5.81. The summed E-state index contributed by atoms with van der Waals surface area (Å²) in [6.45, 7) is 6.03. The Morgan fingerprint density at radius 3 is 2.63 bits per heavy atom. The van der Waals surface area contributed by atoms with Crippen molar-refractivity contribution in [2.45, 2.75) is 19.4 Å². The van der Waals surface area contributed by atoms with E-state index in [0.29, 0.717) is 36.2 Å². The summed E-state index contributed by atoms with van der Waals surface area (Å²) in [5.41, 5.74) is 2.77. The van der Waals surface area contributed by atoms with E-state index in [-0.39, 0.29) is 12.0 Å². The number of anilines is 1. The molecule has 4 rings (SSSR count). The smallest absolute Gasteiger partial charge is 0.255 e. The van der Waals surface area contributed by atoms with Gasteiger partial charge < -0.3 is 14.5 Å². The lowest BCUT2D eigenvalue weighted by Gasteiger charge is -2.33. The molecular formula is C22H25ClN2O2. The fraction of sp³-hybridized carbons (Fsp3) is 0.409. The number of morpholine rings is 1. The van der Waals surface area contributed by atoms with Crippen molar-refractivity contribution in [2.75, 3.05) is 37.7 Å². The van der Waals surface area contributed by atoms with Crippen molar-refractivity contribution in [3.63, 3.8) is 0 Å². The van der Waals surface area contributed by atoms with Crippen LogP contribution in [0.3, 0.4) is 0 Å². The number of hydrogen-bond donors (Lipinski definition) is 0. The van der Waals surface area contributed by atoms with Crippen LogP contribution in [0.25, 0.3) is 0 Å². The highest BCUT2D eigenvalue weighted by Gasteiger charge is 2.27. The van der Waals surface area contributed by atoms with E-state index in [1.54, 1.807) is 0 Å². The van der Waals surface area contributed by atoms with Crippen LogP contribution in [-0.4, -0.2) is 43.6 Å². The van der Waals surface area contributed by atoms with Crippen LogP contribution in [0, 0.1) is 5.92 Å². The molecule has 0 aliphatic carbocycles. The lowest BCUT2D eigenvalue weighted by atomic mass is 10.1. The van der Waals surface area contributed by atoms with Crippen molar-refractivity contribution in [1.29, 1.82) is 0 Å². The van der Waals surface area contributed by atoms with Crippen molar-refractivity contribution in [2.24, 2.45) is 5.92 Å². The molecule has 2 aromatic rings. The summed E-state index contributed by atoms with van der Waals surface area (Å²) < 4.78 is 5.87. The summed E-state index contributed by atoms with van der Waals surface area (Å²) in [5, 5.41) is 0.528. The molecule has 2 aromatic carbocycles. The van der Waals surface area contributed by atoms with E-state index in [1.165, 1.54) is 6.42 Å². The summed E-state index contributed by atoms with van der Waals surface area (Å²) in [5.74, 6) is 0.680. The fourth-order valence-corrected chi connectivity index (χ4v) is 4.17. The number of carbonyl (C=O) groups excluding carboxylic acids is 1. The van der Waals surface area contributed by atoms with Gasteiger partial charge in [0, 0.05) is 25.3 Å². The summed E-state index contributed by atoms with van der Waals surface area (Å²) in [7, 11) is 0. The molecule has 0 radical (unpaired) electrons. The molecule has 2 saturated heterocycles. The summed E-state index contributed by atoms with van der Waals surface area (Å²) in [6.07, 6.45) is 1.11. The van der Waals surface area contributed by atoms with Gasteiger partial charge in [-0.15, -0.1) is 0 Å². The van der Waals surface area contributed by atoms with Crippen LogP contribution in [0.15, 0.2) is 48.5 Å². The molecule has 2 unspecified atom stereocenters. The molecule has 1 amide bonds. The molecular weight excluding hydrogens is 360 g/mol. The number of benzene rings is 2. The quantitative estimate of drug-likeness (QED) is 0.786. The van der Waals surface area contributed by atoms with E-state index in [9.17, 15) is 4.79 Å². The molecule has 0 spiro atoms. The Kier molecular flexibility index (Phi) is 5.37. The van der Waals surface area contributed by atoms with Gasteiger partial charge in [0.15, 0.2) is 0 Å². The number of ether oxygens (including phenoxy) is 1. The first kappa shape index (κ1) is 18.3. The fourth-order valence-electron chi connectivity index (χ4n) is 3.92. The molecule has 0 N–H and O–H groups in total. The van der Waals surface area contributed by atoms with E-state index in [2.05, 4.69) is 11.8 Å². The van der Waals surface area contributed by atoms with Crippen molar-refractivity contribution >= 4 is 23.2 Å². The second-order valence-electron chi connectivity index (χ2n) is 7.53. The first-order chi connectivity index (χ1) is 13.1. The van der Waals surface area contributed by atoms with Crippen LogP contribution in [-0.2, 0) is 4.74 Å². The molecule has 142 valence electrons. The van der Waals surface area contributed by atoms with Crippen LogP contribution in [0.2, 0.25) is 5.02 Å². The van der Waals surface area contributed by atoms with Crippen LogP contribution >= 0.6 is 11.6 Å². The maximum atomic E-state index is 13.1. The predicted molar refractivity (Wildman–Crippen MR) is 108 cm³/mol. The second kappa shape index (κ2) is 7.91. The monoisotopic (exact) mass is 384 g/mol. The zero-order chi connectivity index (χ0) is 18.8. The van der Waals surface area contributed by atoms with E-state index in [4.69, 9.17) is 16.3 Å². The largest absolute Gasteiger partial charge is 0.371 e. The Bertz CT molecular complexity index is 811. The average Bonchev–Trinajstić information content (AvgIpc) is 3.14.